The van der Waals surface area contributed by atoms with Crippen molar-refractivity contribution in [3.05, 3.63) is 34.6 Å². The zero-order valence-corrected chi connectivity index (χ0v) is 11.4. The molecule has 0 spiro atoms. The van der Waals surface area contributed by atoms with Gasteiger partial charge in [0.25, 0.3) is 0 Å². The van der Waals surface area contributed by atoms with Gasteiger partial charge in [0.1, 0.15) is 5.82 Å². The summed E-state index contributed by atoms with van der Waals surface area (Å²) in [5.74, 6) is 2.35. The van der Waals surface area contributed by atoms with Crippen LogP contribution in [0, 0.1) is 18.2 Å². The van der Waals surface area contributed by atoms with Gasteiger partial charge in [0, 0.05) is 17.5 Å². The fourth-order valence-corrected chi connectivity index (χ4v) is 2.08. The molecule has 0 fully saturated rings. The maximum atomic E-state index is 13.0. The van der Waals surface area contributed by atoms with E-state index < -0.39 is 0 Å². The van der Waals surface area contributed by atoms with E-state index in [1.807, 2.05) is 0 Å². The second-order valence-corrected chi connectivity index (χ2v) is 4.74. The molecule has 0 amide bonds. The van der Waals surface area contributed by atoms with E-state index >= 15 is 0 Å². The third-order valence-corrected chi connectivity index (χ3v) is 3.15. The van der Waals surface area contributed by atoms with Gasteiger partial charge in [-0.1, -0.05) is 24.6 Å². The molecular weight excluding hydrogens is 249 g/mol. The molecular formula is C15H19ClFN. The van der Waals surface area contributed by atoms with Gasteiger partial charge >= 0.3 is 0 Å². The van der Waals surface area contributed by atoms with Gasteiger partial charge in [0.2, 0.25) is 0 Å². The Morgan fingerprint density at radius 1 is 1.50 bits per heavy atom. The summed E-state index contributed by atoms with van der Waals surface area (Å²) in [6.45, 7) is 3.07. The van der Waals surface area contributed by atoms with Crippen LogP contribution >= 0.6 is 11.6 Å². The first-order chi connectivity index (χ1) is 8.67. The van der Waals surface area contributed by atoms with Crippen molar-refractivity contribution in [2.45, 2.75) is 38.6 Å². The Labute approximate surface area is 114 Å². The Bertz CT molecular complexity index is 411. The Morgan fingerprint density at radius 3 is 2.89 bits per heavy atom. The highest BCUT2D eigenvalue weighted by atomic mass is 35.5. The fourth-order valence-electron chi connectivity index (χ4n) is 1.84. The first kappa shape index (κ1) is 15.0. The lowest BCUT2D eigenvalue weighted by molar-refractivity contribution is 0.483. The molecule has 98 valence electrons. The van der Waals surface area contributed by atoms with Crippen LogP contribution in [0.2, 0.25) is 5.02 Å². The molecule has 1 rings (SSSR count). The third-order valence-electron chi connectivity index (χ3n) is 2.80. The number of terminal acetylenes is 1. The summed E-state index contributed by atoms with van der Waals surface area (Å²) < 4.78 is 13.0. The van der Waals surface area contributed by atoms with Gasteiger partial charge < -0.3 is 5.32 Å². The SMILES string of the molecule is C#CCCC(Cc1ccc(F)cc1Cl)NCCC. The number of nitrogens with one attached hydrogen (secondary N) is 1. The minimum atomic E-state index is -0.301. The monoisotopic (exact) mass is 267 g/mol. The Morgan fingerprint density at radius 2 is 2.28 bits per heavy atom. The first-order valence-corrected chi connectivity index (χ1v) is 6.66. The third kappa shape index (κ3) is 5.08. The molecule has 0 heterocycles. The highest BCUT2D eigenvalue weighted by Crippen LogP contribution is 2.19. The minimum absolute atomic E-state index is 0.295. The van der Waals surface area contributed by atoms with E-state index in [1.54, 1.807) is 6.07 Å². The lowest BCUT2D eigenvalue weighted by Crippen LogP contribution is -2.31. The van der Waals surface area contributed by atoms with Crippen molar-refractivity contribution in [1.29, 1.82) is 0 Å². The maximum Gasteiger partial charge on any atom is 0.124 e. The van der Waals surface area contributed by atoms with E-state index in [9.17, 15) is 4.39 Å². The molecule has 0 aliphatic heterocycles. The van der Waals surface area contributed by atoms with Crippen molar-refractivity contribution in [3.63, 3.8) is 0 Å². The second-order valence-electron chi connectivity index (χ2n) is 4.33. The number of halogens is 2. The smallest absolute Gasteiger partial charge is 0.124 e. The Kier molecular flexibility index (Phi) is 6.78. The highest BCUT2D eigenvalue weighted by Gasteiger charge is 2.11. The molecule has 1 aromatic rings. The molecule has 0 radical (unpaired) electrons. The summed E-state index contributed by atoms with van der Waals surface area (Å²) in [4.78, 5) is 0. The van der Waals surface area contributed by atoms with Crippen LogP contribution in [0.15, 0.2) is 18.2 Å². The summed E-state index contributed by atoms with van der Waals surface area (Å²) in [6.07, 6.45) is 8.79. The molecule has 18 heavy (non-hydrogen) atoms. The zero-order valence-electron chi connectivity index (χ0n) is 10.7. The van der Waals surface area contributed by atoms with Crippen molar-refractivity contribution in [3.8, 4) is 12.3 Å². The summed E-state index contributed by atoms with van der Waals surface area (Å²) in [7, 11) is 0. The van der Waals surface area contributed by atoms with Crippen LogP contribution in [0.4, 0.5) is 4.39 Å². The van der Waals surface area contributed by atoms with E-state index in [0.29, 0.717) is 11.1 Å². The molecule has 1 N–H and O–H groups in total. The van der Waals surface area contributed by atoms with Gasteiger partial charge in [-0.3, -0.25) is 0 Å². The average Bonchev–Trinajstić information content (AvgIpc) is 2.35. The number of benzene rings is 1. The van der Waals surface area contributed by atoms with Crippen molar-refractivity contribution >= 4 is 11.6 Å². The van der Waals surface area contributed by atoms with Crippen LogP contribution < -0.4 is 5.32 Å². The summed E-state index contributed by atoms with van der Waals surface area (Å²) in [6, 6.07) is 4.84. The average molecular weight is 268 g/mol. The fraction of sp³-hybridized carbons (Fsp3) is 0.467. The van der Waals surface area contributed by atoms with Gasteiger partial charge in [-0.15, -0.1) is 12.3 Å². The molecule has 0 saturated carbocycles. The number of rotatable bonds is 7. The van der Waals surface area contributed by atoms with E-state index in [0.717, 1.165) is 37.8 Å². The molecule has 0 aliphatic rings. The van der Waals surface area contributed by atoms with Crippen LogP contribution in [0.5, 0.6) is 0 Å². The lowest BCUT2D eigenvalue weighted by atomic mass is 10.0. The number of hydrogen-bond donors (Lipinski definition) is 1. The van der Waals surface area contributed by atoms with Crippen LogP contribution in [-0.4, -0.2) is 12.6 Å². The van der Waals surface area contributed by atoms with Crippen LogP contribution in [0.25, 0.3) is 0 Å². The number of hydrogen-bond acceptors (Lipinski definition) is 1. The molecule has 0 saturated heterocycles. The van der Waals surface area contributed by atoms with Crippen LogP contribution in [0.3, 0.4) is 0 Å². The van der Waals surface area contributed by atoms with Crippen molar-refractivity contribution < 1.29 is 4.39 Å². The quantitative estimate of drug-likeness (QED) is 0.741. The molecule has 0 aromatic heterocycles. The van der Waals surface area contributed by atoms with Crippen molar-refractivity contribution in [2.24, 2.45) is 0 Å². The maximum absolute atomic E-state index is 13.0. The molecule has 1 unspecified atom stereocenters. The zero-order chi connectivity index (χ0) is 13.4. The molecule has 0 aliphatic carbocycles. The van der Waals surface area contributed by atoms with Crippen LogP contribution in [-0.2, 0) is 6.42 Å². The van der Waals surface area contributed by atoms with E-state index in [-0.39, 0.29) is 5.82 Å². The molecule has 0 bridgehead atoms. The van der Waals surface area contributed by atoms with Gasteiger partial charge in [-0.25, -0.2) is 4.39 Å². The largest absolute Gasteiger partial charge is 0.314 e. The summed E-state index contributed by atoms with van der Waals surface area (Å²) in [5.41, 5.74) is 0.962. The normalized spacial score (nSPS) is 12.1. The van der Waals surface area contributed by atoms with Gasteiger partial charge in [0.05, 0.1) is 0 Å². The van der Waals surface area contributed by atoms with E-state index in [4.69, 9.17) is 18.0 Å². The van der Waals surface area contributed by atoms with E-state index in [1.165, 1.54) is 12.1 Å². The molecule has 1 nitrogen and oxygen atoms in total. The molecule has 3 heteroatoms. The Hall–Kier alpha value is -1.04. The topological polar surface area (TPSA) is 12.0 Å². The van der Waals surface area contributed by atoms with Gasteiger partial charge in [0.15, 0.2) is 0 Å². The predicted molar refractivity (Wildman–Crippen MR) is 75.3 cm³/mol. The van der Waals surface area contributed by atoms with Gasteiger partial charge in [-0.05, 0) is 43.5 Å². The van der Waals surface area contributed by atoms with Crippen molar-refractivity contribution in [1.82, 2.24) is 5.32 Å². The second kappa shape index (κ2) is 8.13. The predicted octanol–water partition coefficient (Wildman–Crippen LogP) is 3.80. The molecule has 1 aromatic carbocycles. The first-order valence-electron chi connectivity index (χ1n) is 6.28. The van der Waals surface area contributed by atoms with E-state index in [2.05, 4.69) is 18.2 Å². The van der Waals surface area contributed by atoms with Crippen molar-refractivity contribution in [2.75, 3.05) is 6.54 Å². The molecule has 1 atom stereocenters. The Balaban J connectivity index is 2.66. The van der Waals surface area contributed by atoms with Crippen LogP contribution in [0.1, 0.15) is 31.7 Å². The highest BCUT2D eigenvalue weighted by molar-refractivity contribution is 6.31. The summed E-state index contributed by atoms with van der Waals surface area (Å²) >= 11 is 6.03. The minimum Gasteiger partial charge on any atom is -0.314 e. The lowest BCUT2D eigenvalue weighted by Gasteiger charge is -2.18. The van der Waals surface area contributed by atoms with Gasteiger partial charge in [-0.2, -0.15) is 0 Å². The summed E-state index contributed by atoms with van der Waals surface area (Å²) in [5, 5.41) is 3.93. The standard InChI is InChI=1S/C15H19ClFN/c1-3-5-6-14(18-9-4-2)10-12-7-8-13(17)11-15(12)16/h1,7-8,11,14,18H,4-6,9-10H2,2H3.